The first-order valence-corrected chi connectivity index (χ1v) is 5.83. The number of hydrogen-bond acceptors (Lipinski definition) is 5. The minimum atomic E-state index is 0.462. The number of benzene rings is 1. The molecule has 0 saturated carbocycles. The maximum atomic E-state index is 5.78. The fraction of sp³-hybridized carbons (Fsp3) is 0.154. The number of nitrogens with zero attached hydrogens (tertiary/aromatic N) is 4. The molecule has 6 heteroatoms. The molecule has 96 valence electrons. The summed E-state index contributed by atoms with van der Waals surface area (Å²) in [6, 6.07) is 5.60. The van der Waals surface area contributed by atoms with Crippen molar-refractivity contribution >= 4 is 5.69 Å². The largest absolute Gasteiger partial charge is 0.399 e. The van der Waals surface area contributed by atoms with Crippen LogP contribution >= 0.6 is 0 Å². The third-order valence-corrected chi connectivity index (χ3v) is 2.88. The maximum Gasteiger partial charge on any atom is 0.258 e. The molecule has 0 aliphatic rings. The van der Waals surface area contributed by atoms with E-state index in [1.165, 1.54) is 0 Å². The van der Waals surface area contributed by atoms with Gasteiger partial charge in [0.05, 0.1) is 11.8 Å². The Morgan fingerprint density at radius 1 is 1.32 bits per heavy atom. The van der Waals surface area contributed by atoms with Gasteiger partial charge in [0.15, 0.2) is 0 Å². The quantitative estimate of drug-likeness (QED) is 0.708. The maximum absolute atomic E-state index is 5.78. The molecule has 0 bridgehead atoms. The molecule has 3 rings (SSSR count). The predicted molar refractivity (Wildman–Crippen MR) is 71.1 cm³/mol. The summed E-state index contributed by atoms with van der Waals surface area (Å²) in [4.78, 5) is 4.38. The van der Waals surface area contributed by atoms with Gasteiger partial charge in [-0.1, -0.05) is 11.2 Å². The average molecular weight is 255 g/mol. The molecule has 6 nitrogen and oxygen atoms in total. The Balaban J connectivity index is 2.03. The summed E-state index contributed by atoms with van der Waals surface area (Å²) in [5, 5.41) is 8.05. The van der Waals surface area contributed by atoms with E-state index in [2.05, 4.69) is 15.2 Å². The van der Waals surface area contributed by atoms with E-state index < -0.39 is 0 Å². The Morgan fingerprint density at radius 2 is 2.16 bits per heavy atom. The number of nitrogen functional groups attached to an aromatic ring is 1. The van der Waals surface area contributed by atoms with E-state index in [-0.39, 0.29) is 0 Å². The molecule has 2 N–H and O–H groups in total. The fourth-order valence-electron chi connectivity index (χ4n) is 1.86. The molecule has 1 aromatic carbocycles. The van der Waals surface area contributed by atoms with Crippen molar-refractivity contribution in [3.05, 3.63) is 36.2 Å². The van der Waals surface area contributed by atoms with E-state index in [0.717, 1.165) is 16.7 Å². The summed E-state index contributed by atoms with van der Waals surface area (Å²) in [5.41, 5.74) is 9.16. The molecule has 3 aromatic rings. The Morgan fingerprint density at radius 3 is 2.89 bits per heavy atom. The van der Waals surface area contributed by atoms with Gasteiger partial charge in [0.25, 0.3) is 5.89 Å². The number of nitrogens with two attached hydrogens (primary N) is 1. The third kappa shape index (κ3) is 2.08. The molecule has 0 unspecified atom stereocenters. The summed E-state index contributed by atoms with van der Waals surface area (Å²) < 4.78 is 6.99. The summed E-state index contributed by atoms with van der Waals surface area (Å²) >= 11 is 0. The van der Waals surface area contributed by atoms with Crippen molar-refractivity contribution < 1.29 is 4.52 Å². The Labute approximate surface area is 109 Å². The zero-order chi connectivity index (χ0) is 13.4. The highest BCUT2D eigenvalue weighted by molar-refractivity contribution is 5.65. The smallest absolute Gasteiger partial charge is 0.258 e. The number of rotatable bonds is 2. The minimum Gasteiger partial charge on any atom is -0.399 e. The summed E-state index contributed by atoms with van der Waals surface area (Å²) in [6.07, 6.45) is 3.53. The van der Waals surface area contributed by atoms with Crippen LogP contribution in [0, 0.1) is 6.92 Å². The predicted octanol–water partition coefficient (Wildman–Crippen LogP) is 2.03. The van der Waals surface area contributed by atoms with Crippen molar-refractivity contribution in [1.29, 1.82) is 0 Å². The zero-order valence-electron chi connectivity index (χ0n) is 10.7. The van der Waals surface area contributed by atoms with Crippen molar-refractivity contribution in [2.75, 3.05) is 5.73 Å². The molecule has 0 spiro atoms. The molecule has 0 aliphatic heterocycles. The van der Waals surface area contributed by atoms with Gasteiger partial charge < -0.3 is 10.3 Å². The van der Waals surface area contributed by atoms with Gasteiger partial charge in [-0.15, -0.1) is 0 Å². The highest BCUT2D eigenvalue weighted by Gasteiger charge is 2.13. The second-order valence-corrected chi connectivity index (χ2v) is 4.40. The summed E-state index contributed by atoms with van der Waals surface area (Å²) in [7, 11) is 1.84. The van der Waals surface area contributed by atoms with Gasteiger partial charge in [0, 0.05) is 24.5 Å². The van der Waals surface area contributed by atoms with Crippen molar-refractivity contribution in [3.8, 4) is 22.8 Å². The number of anilines is 1. The van der Waals surface area contributed by atoms with Gasteiger partial charge in [-0.05, 0) is 24.6 Å². The lowest BCUT2D eigenvalue weighted by atomic mass is 10.1. The van der Waals surface area contributed by atoms with Crippen molar-refractivity contribution in [2.24, 2.45) is 7.05 Å². The van der Waals surface area contributed by atoms with Crippen LogP contribution in [0.4, 0.5) is 5.69 Å². The van der Waals surface area contributed by atoms with Gasteiger partial charge in [0.1, 0.15) is 0 Å². The molecule has 19 heavy (non-hydrogen) atoms. The third-order valence-electron chi connectivity index (χ3n) is 2.88. The van der Waals surface area contributed by atoms with E-state index in [1.54, 1.807) is 10.9 Å². The van der Waals surface area contributed by atoms with Crippen LogP contribution in [0.25, 0.3) is 22.8 Å². The normalized spacial score (nSPS) is 10.8. The molecule has 0 amide bonds. The van der Waals surface area contributed by atoms with Crippen LogP contribution < -0.4 is 5.73 Å². The second-order valence-electron chi connectivity index (χ2n) is 4.40. The van der Waals surface area contributed by atoms with E-state index >= 15 is 0 Å². The van der Waals surface area contributed by atoms with Crippen molar-refractivity contribution in [2.45, 2.75) is 6.92 Å². The SMILES string of the molecule is Cc1ccc(N)cc1-c1nc(-c2cnn(C)c2)no1. The van der Waals surface area contributed by atoms with Crippen LogP contribution in [0.2, 0.25) is 0 Å². The molecule has 0 fully saturated rings. The van der Waals surface area contributed by atoms with Gasteiger partial charge in [0.2, 0.25) is 5.82 Å². The highest BCUT2D eigenvalue weighted by Crippen LogP contribution is 2.26. The van der Waals surface area contributed by atoms with Crippen LogP contribution in [-0.4, -0.2) is 19.9 Å². The summed E-state index contributed by atoms with van der Waals surface area (Å²) in [5.74, 6) is 0.980. The lowest BCUT2D eigenvalue weighted by molar-refractivity contribution is 0.432. The van der Waals surface area contributed by atoms with E-state index in [9.17, 15) is 0 Å². The molecular formula is C13H13N5O. The van der Waals surface area contributed by atoms with Crippen LogP contribution in [-0.2, 0) is 7.05 Å². The lowest BCUT2D eigenvalue weighted by Gasteiger charge is -2.01. The Bertz CT molecular complexity index is 728. The van der Waals surface area contributed by atoms with Gasteiger partial charge in [-0.25, -0.2) is 0 Å². The van der Waals surface area contributed by atoms with Crippen LogP contribution in [0.3, 0.4) is 0 Å². The first-order valence-electron chi connectivity index (χ1n) is 5.83. The zero-order valence-corrected chi connectivity index (χ0v) is 10.7. The van der Waals surface area contributed by atoms with Gasteiger partial charge >= 0.3 is 0 Å². The van der Waals surface area contributed by atoms with E-state index in [0.29, 0.717) is 17.4 Å². The lowest BCUT2D eigenvalue weighted by Crippen LogP contribution is -1.89. The molecule has 2 aromatic heterocycles. The van der Waals surface area contributed by atoms with Crippen LogP contribution in [0.1, 0.15) is 5.56 Å². The molecule has 0 atom stereocenters. The number of aromatic nitrogens is 4. The van der Waals surface area contributed by atoms with Crippen LogP contribution in [0.5, 0.6) is 0 Å². The first-order chi connectivity index (χ1) is 9.13. The summed E-state index contributed by atoms with van der Waals surface area (Å²) in [6.45, 7) is 1.97. The average Bonchev–Trinajstić information content (AvgIpc) is 3.00. The van der Waals surface area contributed by atoms with Gasteiger partial charge in [-0.3, -0.25) is 4.68 Å². The molecule has 2 heterocycles. The molecule has 0 aliphatic carbocycles. The topological polar surface area (TPSA) is 82.8 Å². The monoisotopic (exact) mass is 255 g/mol. The fourth-order valence-corrected chi connectivity index (χ4v) is 1.86. The van der Waals surface area contributed by atoms with Crippen molar-refractivity contribution in [1.82, 2.24) is 19.9 Å². The molecule has 0 radical (unpaired) electrons. The minimum absolute atomic E-state index is 0.462. The Kier molecular flexibility index (Phi) is 2.56. The van der Waals surface area contributed by atoms with E-state index in [4.69, 9.17) is 10.3 Å². The number of aryl methyl sites for hydroxylation is 2. The second kappa shape index (κ2) is 4.24. The first kappa shape index (κ1) is 11.5. The number of hydrogen-bond donors (Lipinski definition) is 1. The Hall–Kier alpha value is -2.63. The van der Waals surface area contributed by atoms with Crippen molar-refractivity contribution in [3.63, 3.8) is 0 Å². The highest BCUT2D eigenvalue weighted by atomic mass is 16.5. The standard InChI is InChI=1S/C13H13N5O/c1-8-3-4-10(14)5-11(8)13-16-12(17-19-13)9-6-15-18(2)7-9/h3-7H,14H2,1-2H3. The molecular weight excluding hydrogens is 242 g/mol. The van der Waals surface area contributed by atoms with Gasteiger partial charge in [-0.2, -0.15) is 10.1 Å². The van der Waals surface area contributed by atoms with Crippen LogP contribution in [0.15, 0.2) is 35.1 Å². The van der Waals surface area contributed by atoms with E-state index in [1.807, 2.05) is 38.4 Å². The molecule has 0 saturated heterocycles.